The van der Waals surface area contributed by atoms with Crippen molar-refractivity contribution in [1.82, 2.24) is 15.1 Å². The van der Waals surface area contributed by atoms with Gasteiger partial charge < -0.3 is 15.0 Å². The smallest absolute Gasteiger partial charge is 0.407 e. The summed E-state index contributed by atoms with van der Waals surface area (Å²) in [6, 6.07) is 9.74. The molecule has 1 aromatic carbocycles. The predicted octanol–water partition coefficient (Wildman–Crippen LogP) is 1.08. The van der Waals surface area contributed by atoms with Crippen LogP contribution in [-0.4, -0.2) is 61.1 Å². The molecule has 1 aliphatic heterocycles. The Morgan fingerprint density at radius 2 is 1.82 bits per heavy atom. The third-order valence-corrected chi connectivity index (χ3v) is 3.82. The lowest BCUT2D eigenvalue weighted by Gasteiger charge is -2.36. The van der Waals surface area contributed by atoms with E-state index in [0.717, 1.165) is 19.6 Å². The zero-order chi connectivity index (χ0) is 15.9. The van der Waals surface area contributed by atoms with Crippen LogP contribution in [0.5, 0.6) is 0 Å². The first-order valence-corrected chi connectivity index (χ1v) is 7.49. The first-order chi connectivity index (χ1) is 10.6. The van der Waals surface area contributed by atoms with Gasteiger partial charge in [-0.1, -0.05) is 30.3 Å². The lowest BCUT2D eigenvalue weighted by Crippen LogP contribution is -2.53. The first-order valence-electron chi connectivity index (χ1n) is 7.49. The summed E-state index contributed by atoms with van der Waals surface area (Å²) < 4.78 is 4.51. The van der Waals surface area contributed by atoms with Gasteiger partial charge in [-0.3, -0.25) is 9.69 Å². The molecule has 1 atom stereocenters. The van der Waals surface area contributed by atoms with Crippen LogP contribution in [0.25, 0.3) is 0 Å². The monoisotopic (exact) mass is 305 g/mol. The van der Waals surface area contributed by atoms with E-state index in [0.29, 0.717) is 13.1 Å². The minimum absolute atomic E-state index is 0.0650. The molecule has 1 saturated heterocycles. The van der Waals surface area contributed by atoms with E-state index in [4.69, 9.17) is 0 Å². The van der Waals surface area contributed by atoms with Crippen molar-refractivity contribution in [3.63, 3.8) is 0 Å². The maximum absolute atomic E-state index is 12.3. The topological polar surface area (TPSA) is 61.9 Å². The van der Waals surface area contributed by atoms with Gasteiger partial charge in [0.25, 0.3) is 0 Å². The van der Waals surface area contributed by atoms with Crippen LogP contribution in [0, 0.1) is 0 Å². The van der Waals surface area contributed by atoms with Crippen molar-refractivity contribution in [2.45, 2.75) is 19.5 Å². The molecule has 2 rings (SSSR count). The number of carbonyl (C=O) groups is 2. The van der Waals surface area contributed by atoms with E-state index < -0.39 is 12.1 Å². The van der Waals surface area contributed by atoms with Crippen LogP contribution in [0.1, 0.15) is 12.5 Å². The van der Waals surface area contributed by atoms with Crippen molar-refractivity contribution in [2.24, 2.45) is 0 Å². The molecule has 1 aromatic rings. The summed E-state index contributed by atoms with van der Waals surface area (Å²) in [6.07, 6.45) is -0.580. The summed E-state index contributed by atoms with van der Waals surface area (Å²) in [7, 11) is 1.29. The van der Waals surface area contributed by atoms with E-state index in [1.807, 2.05) is 18.2 Å². The molecule has 120 valence electrons. The Morgan fingerprint density at radius 1 is 1.18 bits per heavy atom. The highest BCUT2D eigenvalue weighted by molar-refractivity contribution is 5.85. The van der Waals surface area contributed by atoms with E-state index in [-0.39, 0.29) is 5.91 Å². The molecule has 6 nitrogen and oxygen atoms in total. The van der Waals surface area contributed by atoms with Crippen LogP contribution < -0.4 is 5.32 Å². The van der Waals surface area contributed by atoms with Crippen LogP contribution in [0.3, 0.4) is 0 Å². The van der Waals surface area contributed by atoms with Gasteiger partial charge in [-0.2, -0.15) is 0 Å². The van der Waals surface area contributed by atoms with Crippen molar-refractivity contribution >= 4 is 12.0 Å². The Hall–Kier alpha value is -2.08. The number of ether oxygens (including phenoxy) is 1. The highest BCUT2D eigenvalue weighted by Crippen LogP contribution is 2.09. The number of carbonyl (C=O) groups excluding carboxylic acids is 2. The summed E-state index contributed by atoms with van der Waals surface area (Å²) in [5, 5.41) is 2.51. The average Bonchev–Trinajstić information content (AvgIpc) is 2.55. The third kappa shape index (κ3) is 4.46. The van der Waals surface area contributed by atoms with E-state index in [2.05, 4.69) is 27.1 Å². The standard InChI is InChI=1S/C16H23N3O3/c1-13(17-16(21)22-2)15(20)19-10-8-18(9-11-19)12-14-6-4-3-5-7-14/h3-7,13H,8-12H2,1-2H3,(H,17,21)/t13-/m0/s1. The van der Waals surface area contributed by atoms with Gasteiger partial charge >= 0.3 is 6.09 Å². The zero-order valence-electron chi connectivity index (χ0n) is 13.1. The summed E-state index contributed by atoms with van der Waals surface area (Å²) in [4.78, 5) is 27.5. The molecule has 0 unspecified atom stereocenters. The highest BCUT2D eigenvalue weighted by atomic mass is 16.5. The SMILES string of the molecule is COC(=O)N[C@@H](C)C(=O)N1CCN(Cc2ccccc2)CC1. The lowest BCUT2D eigenvalue weighted by atomic mass is 10.2. The molecule has 1 fully saturated rings. The van der Waals surface area contributed by atoms with E-state index >= 15 is 0 Å². The number of rotatable bonds is 4. The Balaban J connectivity index is 1.79. The number of amides is 2. The van der Waals surface area contributed by atoms with Gasteiger partial charge in [0.05, 0.1) is 7.11 Å². The number of methoxy groups -OCH3 is 1. The Labute approximate surface area is 131 Å². The second-order valence-electron chi connectivity index (χ2n) is 5.44. The van der Waals surface area contributed by atoms with Crippen molar-refractivity contribution < 1.29 is 14.3 Å². The lowest BCUT2D eigenvalue weighted by molar-refractivity contribution is -0.134. The second-order valence-corrected chi connectivity index (χ2v) is 5.44. The molecule has 0 spiro atoms. The van der Waals surface area contributed by atoms with Gasteiger partial charge in [-0.05, 0) is 12.5 Å². The molecular weight excluding hydrogens is 282 g/mol. The second kappa shape index (κ2) is 7.79. The largest absolute Gasteiger partial charge is 0.453 e. The van der Waals surface area contributed by atoms with E-state index in [1.165, 1.54) is 12.7 Å². The summed E-state index contributed by atoms with van der Waals surface area (Å²) >= 11 is 0. The average molecular weight is 305 g/mol. The number of alkyl carbamates (subject to hydrolysis) is 1. The Bertz CT molecular complexity index is 499. The minimum atomic E-state index is -0.580. The molecule has 1 N–H and O–H groups in total. The van der Waals surface area contributed by atoms with Gasteiger partial charge in [0.1, 0.15) is 6.04 Å². The number of benzene rings is 1. The van der Waals surface area contributed by atoms with Gasteiger partial charge in [0.15, 0.2) is 0 Å². The quantitative estimate of drug-likeness (QED) is 0.904. The normalized spacial score (nSPS) is 16.9. The van der Waals surface area contributed by atoms with E-state index in [9.17, 15) is 9.59 Å². The molecule has 2 amide bonds. The van der Waals surface area contributed by atoms with Crippen LogP contribution in [0.15, 0.2) is 30.3 Å². The zero-order valence-corrected chi connectivity index (χ0v) is 13.1. The fourth-order valence-corrected chi connectivity index (χ4v) is 2.54. The molecule has 22 heavy (non-hydrogen) atoms. The fourth-order valence-electron chi connectivity index (χ4n) is 2.54. The van der Waals surface area contributed by atoms with Gasteiger partial charge in [-0.25, -0.2) is 4.79 Å². The first kappa shape index (κ1) is 16.3. The molecule has 0 saturated carbocycles. The summed E-state index contributed by atoms with van der Waals surface area (Å²) in [5.41, 5.74) is 1.28. The minimum Gasteiger partial charge on any atom is -0.453 e. The number of piperazine rings is 1. The molecule has 0 radical (unpaired) electrons. The van der Waals surface area contributed by atoms with E-state index in [1.54, 1.807) is 11.8 Å². The van der Waals surface area contributed by atoms with Crippen molar-refractivity contribution in [2.75, 3.05) is 33.3 Å². The molecule has 0 bridgehead atoms. The number of hydrogen-bond acceptors (Lipinski definition) is 4. The third-order valence-electron chi connectivity index (χ3n) is 3.82. The maximum Gasteiger partial charge on any atom is 0.407 e. The Kier molecular flexibility index (Phi) is 5.77. The van der Waals surface area contributed by atoms with Crippen molar-refractivity contribution in [1.29, 1.82) is 0 Å². The van der Waals surface area contributed by atoms with Crippen LogP contribution in [-0.2, 0) is 16.1 Å². The van der Waals surface area contributed by atoms with Crippen LogP contribution in [0.4, 0.5) is 4.79 Å². The van der Waals surface area contributed by atoms with Crippen molar-refractivity contribution in [3.8, 4) is 0 Å². The van der Waals surface area contributed by atoms with Crippen molar-refractivity contribution in [3.05, 3.63) is 35.9 Å². The Morgan fingerprint density at radius 3 is 2.41 bits per heavy atom. The molecule has 1 aliphatic rings. The van der Waals surface area contributed by atoms with Crippen LogP contribution in [0.2, 0.25) is 0 Å². The van der Waals surface area contributed by atoms with Crippen LogP contribution >= 0.6 is 0 Å². The summed E-state index contributed by atoms with van der Waals surface area (Å²) in [6.45, 7) is 5.61. The molecule has 6 heteroatoms. The molecule has 1 heterocycles. The highest BCUT2D eigenvalue weighted by Gasteiger charge is 2.25. The van der Waals surface area contributed by atoms with Gasteiger partial charge in [0, 0.05) is 32.7 Å². The van der Waals surface area contributed by atoms with Gasteiger partial charge in [0.2, 0.25) is 5.91 Å². The summed E-state index contributed by atoms with van der Waals surface area (Å²) in [5.74, 6) is -0.0650. The number of nitrogens with zero attached hydrogens (tertiary/aromatic N) is 2. The molecule has 0 aromatic heterocycles. The fraction of sp³-hybridized carbons (Fsp3) is 0.500. The number of nitrogens with one attached hydrogen (secondary N) is 1. The van der Waals surface area contributed by atoms with Gasteiger partial charge in [-0.15, -0.1) is 0 Å². The number of hydrogen-bond donors (Lipinski definition) is 1. The molecular formula is C16H23N3O3. The molecule has 0 aliphatic carbocycles. The predicted molar refractivity (Wildman–Crippen MR) is 83.3 cm³/mol. The maximum atomic E-state index is 12.3.